The number of halogens is 1. The number of rotatable bonds is 5. The fourth-order valence-corrected chi connectivity index (χ4v) is 3.14. The maximum absolute atomic E-state index is 12.2. The van der Waals surface area contributed by atoms with Gasteiger partial charge in [-0.1, -0.05) is 30.3 Å². The van der Waals surface area contributed by atoms with E-state index in [1.165, 1.54) is 0 Å². The van der Waals surface area contributed by atoms with Crippen LogP contribution in [0.15, 0.2) is 35.3 Å². The van der Waals surface area contributed by atoms with Crippen LogP contribution < -0.4 is 10.6 Å². The van der Waals surface area contributed by atoms with Crippen molar-refractivity contribution in [3.05, 3.63) is 47.5 Å². The minimum atomic E-state index is -0.497. The zero-order valence-electron chi connectivity index (χ0n) is 19.6. The Kier molecular flexibility index (Phi) is 8.88. The zero-order chi connectivity index (χ0) is 22.6. The molecule has 1 aliphatic rings. The first kappa shape index (κ1) is 25.9. The summed E-state index contributed by atoms with van der Waals surface area (Å²) in [5, 5.41) is 15.2. The predicted molar refractivity (Wildman–Crippen MR) is 135 cm³/mol. The smallest absolute Gasteiger partial charge is 0.410 e. The van der Waals surface area contributed by atoms with E-state index in [4.69, 9.17) is 9.73 Å². The molecule has 1 amide bonds. The van der Waals surface area contributed by atoms with Crippen molar-refractivity contribution in [2.75, 3.05) is 13.1 Å². The third kappa shape index (κ3) is 7.07. The summed E-state index contributed by atoms with van der Waals surface area (Å²) >= 11 is 0. The average Bonchev–Trinajstić information content (AvgIpc) is 2.99. The molecule has 0 aliphatic carbocycles. The summed E-state index contributed by atoms with van der Waals surface area (Å²) in [4.78, 5) is 18.6. The number of hydrogen-bond donors (Lipinski definition) is 2. The van der Waals surface area contributed by atoms with Crippen LogP contribution in [0.5, 0.6) is 0 Å². The van der Waals surface area contributed by atoms with Gasteiger partial charge in [0.05, 0.1) is 12.1 Å². The first-order valence-corrected chi connectivity index (χ1v) is 10.6. The number of carbonyl (C=O) groups is 1. The molecular formula is C22H34IN7O2. The number of nitrogens with zero attached hydrogens (tertiary/aromatic N) is 5. The number of amides is 1. The molecule has 2 aromatic rings. The molecule has 1 atom stereocenters. The number of likely N-dealkylation sites (tertiary alicyclic amines) is 1. The standard InChI is InChI=1S/C22H33N7O2.HI/c1-15(17-10-8-7-9-11-17)24-20(23-12-19-27-26-16(2)28(19)6)25-18-13-29(14-18)21(30)31-22(3,4)5;/h7-11,15,18H,12-14H2,1-6H3,(H2,23,24,25);1H. The molecule has 32 heavy (non-hydrogen) atoms. The molecule has 0 saturated carbocycles. The van der Waals surface area contributed by atoms with Gasteiger partial charge in [-0.15, -0.1) is 34.2 Å². The minimum Gasteiger partial charge on any atom is -0.444 e. The number of aliphatic imine (C=N–C) groups is 1. The third-order valence-electron chi connectivity index (χ3n) is 5.09. The number of guanidine groups is 1. The van der Waals surface area contributed by atoms with Crippen molar-refractivity contribution in [2.24, 2.45) is 12.0 Å². The van der Waals surface area contributed by atoms with E-state index in [0.717, 1.165) is 17.2 Å². The summed E-state index contributed by atoms with van der Waals surface area (Å²) in [6, 6.07) is 10.4. The van der Waals surface area contributed by atoms with Crippen molar-refractivity contribution in [1.29, 1.82) is 0 Å². The van der Waals surface area contributed by atoms with Crippen LogP contribution in [0, 0.1) is 6.92 Å². The van der Waals surface area contributed by atoms with Crippen molar-refractivity contribution in [1.82, 2.24) is 30.3 Å². The van der Waals surface area contributed by atoms with Gasteiger partial charge in [-0.05, 0) is 40.2 Å². The molecule has 2 heterocycles. The molecule has 1 aromatic carbocycles. The lowest BCUT2D eigenvalue weighted by molar-refractivity contribution is 0.00699. The number of ether oxygens (including phenoxy) is 1. The molecule has 1 unspecified atom stereocenters. The Balaban J connectivity index is 0.00000363. The van der Waals surface area contributed by atoms with Gasteiger partial charge in [-0.2, -0.15) is 0 Å². The van der Waals surface area contributed by atoms with Crippen molar-refractivity contribution in [3.8, 4) is 0 Å². The van der Waals surface area contributed by atoms with Gasteiger partial charge in [-0.3, -0.25) is 0 Å². The van der Waals surface area contributed by atoms with Gasteiger partial charge in [0.25, 0.3) is 0 Å². The molecule has 0 radical (unpaired) electrons. The SMILES string of the molecule is Cc1nnc(CN=C(NC2CN(C(=O)OC(C)(C)C)C2)NC(C)c2ccccc2)n1C.I. The van der Waals surface area contributed by atoms with E-state index in [-0.39, 0.29) is 42.2 Å². The molecule has 1 aromatic heterocycles. The monoisotopic (exact) mass is 555 g/mol. The Hall–Kier alpha value is -2.37. The zero-order valence-corrected chi connectivity index (χ0v) is 22.0. The molecule has 1 saturated heterocycles. The number of carbonyl (C=O) groups excluding carboxylic acids is 1. The maximum atomic E-state index is 12.2. The number of aromatic nitrogens is 3. The van der Waals surface area contributed by atoms with Crippen molar-refractivity contribution in [2.45, 2.75) is 58.8 Å². The summed E-state index contributed by atoms with van der Waals surface area (Å²) in [6.07, 6.45) is -0.288. The summed E-state index contributed by atoms with van der Waals surface area (Å²) in [5.41, 5.74) is 0.666. The van der Waals surface area contributed by atoms with Crippen LogP contribution in [-0.2, 0) is 18.3 Å². The lowest BCUT2D eigenvalue weighted by atomic mass is 10.1. The Morgan fingerprint density at radius 2 is 1.91 bits per heavy atom. The minimum absolute atomic E-state index is 0. The van der Waals surface area contributed by atoms with Crippen LogP contribution in [0.4, 0.5) is 4.79 Å². The van der Waals surface area contributed by atoms with E-state index in [1.807, 2.05) is 57.5 Å². The molecular weight excluding hydrogens is 521 g/mol. The first-order valence-electron chi connectivity index (χ1n) is 10.6. The largest absolute Gasteiger partial charge is 0.444 e. The summed E-state index contributed by atoms with van der Waals surface area (Å²) in [6.45, 7) is 11.1. The highest BCUT2D eigenvalue weighted by molar-refractivity contribution is 14.0. The Morgan fingerprint density at radius 3 is 2.47 bits per heavy atom. The summed E-state index contributed by atoms with van der Waals surface area (Å²) in [5.74, 6) is 2.30. The molecule has 10 heteroatoms. The van der Waals surface area contributed by atoms with E-state index in [9.17, 15) is 4.79 Å². The van der Waals surface area contributed by atoms with Crippen LogP contribution in [0.2, 0.25) is 0 Å². The van der Waals surface area contributed by atoms with Gasteiger partial charge < -0.3 is 24.8 Å². The van der Waals surface area contributed by atoms with E-state index in [0.29, 0.717) is 25.6 Å². The van der Waals surface area contributed by atoms with E-state index >= 15 is 0 Å². The van der Waals surface area contributed by atoms with Crippen LogP contribution >= 0.6 is 24.0 Å². The number of hydrogen-bond acceptors (Lipinski definition) is 5. The van der Waals surface area contributed by atoms with Crippen molar-refractivity contribution >= 4 is 36.0 Å². The molecule has 1 fully saturated rings. The lowest BCUT2D eigenvalue weighted by Gasteiger charge is -2.40. The van der Waals surface area contributed by atoms with Gasteiger partial charge in [0.2, 0.25) is 0 Å². The highest BCUT2D eigenvalue weighted by atomic mass is 127. The van der Waals surface area contributed by atoms with Crippen LogP contribution in [0.1, 0.15) is 50.9 Å². The van der Waals surface area contributed by atoms with E-state index in [1.54, 1.807) is 4.90 Å². The van der Waals surface area contributed by atoms with Crippen LogP contribution in [0.25, 0.3) is 0 Å². The Bertz CT molecular complexity index is 918. The second-order valence-electron chi connectivity index (χ2n) is 8.89. The molecule has 176 valence electrons. The van der Waals surface area contributed by atoms with Crippen LogP contribution in [-0.4, -0.2) is 56.4 Å². The second kappa shape index (κ2) is 11.0. The number of aryl methyl sites for hydroxylation is 1. The van der Waals surface area contributed by atoms with Gasteiger partial charge in [0, 0.05) is 20.1 Å². The predicted octanol–water partition coefficient (Wildman–Crippen LogP) is 3.16. The lowest BCUT2D eigenvalue weighted by Crippen LogP contribution is -2.63. The molecule has 3 rings (SSSR count). The Labute approximate surface area is 207 Å². The van der Waals surface area contributed by atoms with Crippen LogP contribution in [0.3, 0.4) is 0 Å². The molecule has 0 spiro atoms. The summed E-state index contributed by atoms with van der Waals surface area (Å²) in [7, 11) is 1.93. The highest BCUT2D eigenvalue weighted by Gasteiger charge is 2.34. The Morgan fingerprint density at radius 1 is 1.25 bits per heavy atom. The highest BCUT2D eigenvalue weighted by Crippen LogP contribution is 2.16. The number of benzene rings is 1. The van der Waals surface area contributed by atoms with Gasteiger partial charge >= 0.3 is 6.09 Å². The molecule has 1 aliphatic heterocycles. The third-order valence-corrected chi connectivity index (χ3v) is 5.09. The molecule has 9 nitrogen and oxygen atoms in total. The van der Waals surface area contributed by atoms with E-state index in [2.05, 4.69) is 39.9 Å². The quantitative estimate of drug-likeness (QED) is 0.335. The fraction of sp³-hybridized carbons (Fsp3) is 0.545. The van der Waals surface area contributed by atoms with Crippen molar-refractivity contribution < 1.29 is 9.53 Å². The first-order chi connectivity index (χ1) is 14.6. The van der Waals surface area contributed by atoms with Gasteiger partial charge in [-0.25, -0.2) is 9.79 Å². The average molecular weight is 555 g/mol. The fourth-order valence-electron chi connectivity index (χ4n) is 3.14. The molecule has 2 N–H and O–H groups in total. The van der Waals surface area contributed by atoms with E-state index < -0.39 is 5.60 Å². The summed E-state index contributed by atoms with van der Waals surface area (Å²) < 4.78 is 7.36. The molecule has 0 bridgehead atoms. The normalized spacial score (nSPS) is 15.4. The van der Waals surface area contributed by atoms with Crippen molar-refractivity contribution in [3.63, 3.8) is 0 Å². The maximum Gasteiger partial charge on any atom is 0.410 e. The second-order valence-corrected chi connectivity index (χ2v) is 8.89. The van der Waals surface area contributed by atoms with Gasteiger partial charge in [0.15, 0.2) is 11.8 Å². The number of nitrogens with one attached hydrogen (secondary N) is 2. The topological polar surface area (TPSA) is 96.7 Å². The van der Waals surface area contributed by atoms with Gasteiger partial charge in [0.1, 0.15) is 18.0 Å².